The number of nitrogens with one attached hydrogen (secondary N) is 1. The van der Waals surface area contributed by atoms with Gasteiger partial charge in [-0.15, -0.1) is 0 Å². The average Bonchev–Trinajstić information content (AvgIpc) is 3.15. The van der Waals surface area contributed by atoms with Crippen molar-refractivity contribution >= 4 is 11.6 Å². The Morgan fingerprint density at radius 3 is 2.68 bits per heavy atom. The number of nitrogens with zero attached hydrogens (tertiary/aromatic N) is 2. The molecule has 2 aliphatic heterocycles. The maximum atomic E-state index is 6.29. The van der Waals surface area contributed by atoms with Crippen LogP contribution in [0.1, 0.15) is 25.3 Å². The number of hydrogen-bond acceptors (Lipinski definition) is 5. The maximum absolute atomic E-state index is 6.29. The maximum Gasteiger partial charge on any atom is 0.165 e. The van der Waals surface area contributed by atoms with E-state index >= 15 is 0 Å². The highest BCUT2D eigenvalue weighted by atomic mass is 35.5. The zero-order valence-corrected chi connectivity index (χ0v) is 16.1. The Bertz CT molecular complexity index is 556. The lowest BCUT2D eigenvalue weighted by atomic mass is 10.1. The highest BCUT2D eigenvalue weighted by Gasteiger charge is 2.26. The minimum atomic E-state index is 0.688. The number of halogens is 1. The van der Waals surface area contributed by atoms with Gasteiger partial charge in [0.2, 0.25) is 0 Å². The lowest BCUT2D eigenvalue weighted by Gasteiger charge is -2.38. The molecule has 2 aliphatic rings. The van der Waals surface area contributed by atoms with E-state index in [9.17, 15) is 0 Å². The third kappa shape index (κ3) is 4.79. The summed E-state index contributed by atoms with van der Waals surface area (Å²) in [5.74, 6) is 1.57. The van der Waals surface area contributed by atoms with Gasteiger partial charge in [0.1, 0.15) is 0 Å². The van der Waals surface area contributed by atoms with Gasteiger partial charge in [0.25, 0.3) is 0 Å². The van der Waals surface area contributed by atoms with Crippen LogP contribution in [-0.2, 0) is 6.54 Å². The molecular formula is C19H30ClN3O2. The molecule has 0 saturated carbocycles. The van der Waals surface area contributed by atoms with E-state index in [1.807, 2.05) is 12.1 Å². The first kappa shape index (κ1) is 18.8. The number of benzene rings is 1. The molecule has 1 aromatic rings. The molecule has 0 unspecified atom stereocenters. The van der Waals surface area contributed by atoms with Crippen molar-refractivity contribution in [1.82, 2.24) is 15.1 Å². The summed E-state index contributed by atoms with van der Waals surface area (Å²) in [5, 5.41) is 4.17. The van der Waals surface area contributed by atoms with Crippen LogP contribution in [0.2, 0.25) is 5.02 Å². The van der Waals surface area contributed by atoms with Crippen molar-refractivity contribution in [3.8, 4) is 11.5 Å². The molecule has 1 atom stereocenters. The zero-order valence-electron chi connectivity index (χ0n) is 15.4. The van der Waals surface area contributed by atoms with Gasteiger partial charge >= 0.3 is 0 Å². The smallest absolute Gasteiger partial charge is 0.165 e. The van der Waals surface area contributed by atoms with Crippen molar-refractivity contribution < 1.29 is 9.47 Å². The van der Waals surface area contributed by atoms with Crippen LogP contribution in [0.4, 0.5) is 0 Å². The normalized spacial score (nSPS) is 22.3. The van der Waals surface area contributed by atoms with Crippen LogP contribution < -0.4 is 14.8 Å². The van der Waals surface area contributed by atoms with E-state index < -0.39 is 0 Å². The Hall–Kier alpha value is -1.01. The quantitative estimate of drug-likeness (QED) is 0.801. The Kier molecular flexibility index (Phi) is 6.82. The average molecular weight is 368 g/mol. The summed E-state index contributed by atoms with van der Waals surface area (Å²) in [4.78, 5) is 5.12. The van der Waals surface area contributed by atoms with Gasteiger partial charge in [0.05, 0.1) is 13.7 Å². The van der Waals surface area contributed by atoms with Gasteiger partial charge in [-0.1, -0.05) is 18.5 Å². The van der Waals surface area contributed by atoms with E-state index in [1.165, 1.54) is 6.42 Å². The van der Waals surface area contributed by atoms with Crippen LogP contribution in [0.5, 0.6) is 11.5 Å². The number of rotatable bonds is 7. The first-order valence-electron chi connectivity index (χ1n) is 9.37. The second-order valence-corrected chi connectivity index (χ2v) is 7.34. The molecule has 1 N–H and O–H groups in total. The molecule has 3 rings (SSSR count). The van der Waals surface area contributed by atoms with Crippen LogP contribution in [0, 0.1) is 0 Å². The summed E-state index contributed by atoms with van der Waals surface area (Å²) in [5.41, 5.74) is 1.12. The van der Waals surface area contributed by atoms with Gasteiger partial charge in [-0.05, 0) is 25.5 Å². The Morgan fingerprint density at radius 1 is 1.24 bits per heavy atom. The first-order chi connectivity index (χ1) is 12.2. The molecule has 0 aliphatic carbocycles. The zero-order chi connectivity index (χ0) is 17.6. The van der Waals surface area contributed by atoms with Crippen molar-refractivity contribution in [2.24, 2.45) is 0 Å². The summed E-state index contributed by atoms with van der Waals surface area (Å²) in [6, 6.07) is 4.57. The van der Waals surface area contributed by atoms with Gasteiger partial charge in [-0.3, -0.25) is 9.80 Å². The van der Waals surface area contributed by atoms with Crippen molar-refractivity contribution in [2.45, 2.75) is 32.4 Å². The fourth-order valence-electron chi connectivity index (χ4n) is 3.74. The summed E-state index contributed by atoms with van der Waals surface area (Å²) >= 11 is 6.29. The highest BCUT2D eigenvalue weighted by Crippen LogP contribution is 2.35. The largest absolute Gasteiger partial charge is 0.493 e. The fourth-order valence-corrected chi connectivity index (χ4v) is 3.97. The molecule has 6 heteroatoms. The fraction of sp³-hybridized carbons (Fsp3) is 0.684. The van der Waals surface area contributed by atoms with Gasteiger partial charge in [0, 0.05) is 62.0 Å². The van der Waals surface area contributed by atoms with Crippen LogP contribution in [0.15, 0.2) is 12.1 Å². The van der Waals surface area contributed by atoms with Crippen molar-refractivity contribution in [1.29, 1.82) is 0 Å². The van der Waals surface area contributed by atoms with Crippen molar-refractivity contribution in [3.05, 3.63) is 22.7 Å². The molecule has 1 aromatic carbocycles. The molecule has 2 saturated heterocycles. The third-order valence-corrected chi connectivity index (χ3v) is 5.34. The van der Waals surface area contributed by atoms with Gasteiger partial charge in [-0.25, -0.2) is 0 Å². The van der Waals surface area contributed by atoms with Crippen LogP contribution >= 0.6 is 11.6 Å². The minimum Gasteiger partial charge on any atom is -0.493 e. The molecule has 5 nitrogen and oxygen atoms in total. The second kappa shape index (κ2) is 9.08. The van der Waals surface area contributed by atoms with Crippen molar-refractivity contribution in [3.63, 3.8) is 0 Å². The first-order valence-corrected chi connectivity index (χ1v) is 9.75. The molecule has 140 valence electrons. The lowest BCUT2D eigenvalue weighted by Crippen LogP contribution is -2.50. The number of methoxy groups -OCH3 is 1. The third-order valence-electron chi connectivity index (χ3n) is 5.12. The topological polar surface area (TPSA) is 37.0 Å². The van der Waals surface area contributed by atoms with E-state index in [4.69, 9.17) is 21.1 Å². The second-order valence-electron chi connectivity index (χ2n) is 6.90. The monoisotopic (exact) mass is 367 g/mol. The number of ether oxygens (including phenoxy) is 2. The Balaban J connectivity index is 1.64. The van der Waals surface area contributed by atoms with Gasteiger partial charge in [0.15, 0.2) is 11.5 Å². The number of hydrogen-bond donors (Lipinski definition) is 1. The van der Waals surface area contributed by atoms with E-state index in [-0.39, 0.29) is 0 Å². The standard InChI is InChI=1S/C19H30ClN3O2/c1-3-10-25-19-15(11-16(20)12-18(19)24-2)14-22-6-8-23(9-7-22)17-4-5-21-13-17/h11-12,17,21H,3-10,13-14H2,1-2H3/t17-/m0/s1. The molecule has 0 bridgehead atoms. The summed E-state index contributed by atoms with van der Waals surface area (Å²) in [7, 11) is 1.67. The molecule has 25 heavy (non-hydrogen) atoms. The van der Waals surface area contributed by atoms with Gasteiger partial charge < -0.3 is 14.8 Å². The summed E-state index contributed by atoms with van der Waals surface area (Å²) in [6.45, 7) is 10.4. The molecule has 0 aromatic heterocycles. The number of piperazine rings is 1. The van der Waals surface area contributed by atoms with Crippen LogP contribution in [0.25, 0.3) is 0 Å². The molecule has 0 spiro atoms. The van der Waals surface area contributed by atoms with E-state index in [2.05, 4.69) is 22.0 Å². The molecule has 2 heterocycles. The molecule has 0 amide bonds. The van der Waals surface area contributed by atoms with E-state index in [0.29, 0.717) is 11.6 Å². The SMILES string of the molecule is CCCOc1c(CN2CCN([C@H]3CCNC3)CC2)cc(Cl)cc1OC. The lowest BCUT2D eigenvalue weighted by molar-refractivity contribution is 0.0973. The van der Waals surface area contributed by atoms with Crippen LogP contribution in [0.3, 0.4) is 0 Å². The molecule has 2 fully saturated rings. The predicted molar refractivity (Wildman–Crippen MR) is 102 cm³/mol. The minimum absolute atomic E-state index is 0.688. The predicted octanol–water partition coefficient (Wildman–Crippen LogP) is 2.62. The summed E-state index contributed by atoms with van der Waals surface area (Å²) < 4.78 is 11.5. The molecule has 0 radical (unpaired) electrons. The van der Waals surface area contributed by atoms with Crippen LogP contribution in [-0.4, -0.2) is 68.8 Å². The van der Waals surface area contributed by atoms with E-state index in [0.717, 1.165) is 75.3 Å². The highest BCUT2D eigenvalue weighted by molar-refractivity contribution is 6.30. The van der Waals surface area contributed by atoms with Gasteiger partial charge in [-0.2, -0.15) is 0 Å². The Labute approximate surface area is 156 Å². The summed E-state index contributed by atoms with van der Waals surface area (Å²) in [6.07, 6.45) is 2.25. The van der Waals surface area contributed by atoms with E-state index in [1.54, 1.807) is 7.11 Å². The Morgan fingerprint density at radius 2 is 2.04 bits per heavy atom. The van der Waals surface area contributed by atoms with Crippen molar-refractivity contribution in [2.75, 3.05) is 53.0 Å². The molecular weight excluding hydrogens is 338 g/mol.